The Kier molecular flexibility index (Phi) is 6.24. The summed E-state index contributed by atoms with van der Waals surface area (Å²) in [6.07, 6.45) is 4.83. The summed E-state index contributed by atoms with van der Waals surface area (Å²) in [5.41, 5.74) is 1.34. The predicted molar refractivity (Wildman–Crippen MR) is 121 cm³/mol. The van der Waals surface area contributed by atoms with Crippen molar-refractivity contribution >= 4 is 33.0 Å². The van der Waals surface area contributed by atoms with E-state index in [-0.39, 0.29) is 18.0 Å². The predicted octanol–water partition coefficient (Wildman–Crippen LogP) is 2.76. The number of hydrogen-bond acceptors (Lipinski definition) is 5. The fourth-order valence-electron chi connectivity index (χ4n) is 4.63. The van der Waals surface area contributed by atoms with Crippen molar-refractivity contribution in [3.63, 3.8) is 0 Å². The molecule has 1 fully saturated rings. The van der Waals surface area contributed by atoms with E-state index in [1.54, 1.807) is 17.7 Å². The second-order valence-electron chi connectivity index (χ2n) is 8.72. The largest absolute Gasteiger partial charge is 0.354 e. The van der Waals surface area contributed by atoms with Gasteiger partial charge in [0.25, 0.3) is 5.56 Å². The van der Waals surface area contributed by atoms with Gasteiger partial charge in [0.1, 0.15) is 18.4 Å². The topological polar surface area (TPSA) is 71.6 Å². The Balaban J connectivity index is 1.33. The van der Waals surface area contributed by atoms with E-state index in [9.17, 15) is 9.59 Å². The number of carbonyl (C=O) groups is 1. The van der Waals surface area contributed by atoms with Gasteiger partial charge in [0.15, 0.2) is 0 Å². The van der Waals surface area contributed by atoms with Crippen LogP contribution in [0, 0.1) is 11.8 Å². The Morgan fingerprint density at radius 2 is 2.00 bits per heavy atom. The molecule has 1 saturated heterocycles. The van der Waals surface area contributed by atoms with E-state index in [1.165, 1.54) is 16.0 Å². The van der Waals surface area contributed by atoms with Crippen LogP contribution in [-0.2, 0) is 17.8 Å². The molecule has 162 valence electrons. The molecule has 1 aliphatic rings. The first kappa shape index (κ1) is 21.1. The van der Waals surface area contributed by atoms with Crippen LogP contribution in [0.15, 0.2) is 23.3 Å². The number of piperidine rings is 1. The zero-order chi connectivity index (χ0) is 21.3. The van der Waals surface area contributed by atoms with E-state index in [1.807, 2.05) is 10.5 Å². The van der Waals surface area contributed by atoms with Gasteiger partial charge in [-0.1, -0.05) is 20.8 Å². The van der Waals surface area contributed by atoms with Gasteiger partial charge in [-0.15, -0.1) is 11.3 Å². The first-order valence-electron chi connectivity index (χ1n) is 10.9. The van der Waals surface area contributed by atoms with Crippen molar-refractivity contribution < 1.29 is 4.79 Å². The van der Waals surface area contributed by atoms with E-state index in [4.69, 9.17) is 0 Å². The van der Waals surface area contributed by atoms with Gasteiger partial charge < -0.3 is 10.2 Å². The van der Waals surface area contributed by atoms with Crippen molar-refractivity contribution in [2.45, 2.75) is 46.6 Å². The van der Waals surface area contributed by atoms with Crippen molar-refractivity contribution in [1.29, 1.82) is 0 Å². The Bertz CT molecular complexity index is 1090. The Morgan fingerprint density at radius 1 is 1.23 bits per heavy atom. The summed E-state index contributed by atoms with van der Waals surface area (Å²) >= 11 is 1.70. The molecule has 0 spiro atoms. The van der Waals surface area contributed by atoms with Crippen LogP contribution < -0.4 is 10.9 Å². The maximum atomic E-state index is 12.8. The molecule has 3 aromatic heterocycles. The number of fused-ring (bicyclic) bond motifs is 3. The highest BCUT2D eigenvalue weighted by atomic mass is 32.1. The van der Waals surface area contributed by atoms with Crippen LogP contribution in [0.25, 0.3) is 15.7 Å². The molecule has 0 aliphatic carbocycles. The minimum atomic E-state index is -0.231. The molecule has 0 saturated carbocycles. The molecule has 0 bridgehead atoms. The highest BCUT2D eigenvalue weighted by molar-refractivity contribution is 7.19. The third-order valence-corrected chi connectivity index (χ3v) is 7.11. The Labute approximate surface area is 180 Å². The number of carbonyl (C=O) groups excluding carboxylic acids is 1. The number of likely N-dealkylation sites (tertiary alicyclic amines) is 1. The monoisotopic (exact) mass is 429 g/mol. The van der Waals surface area contributed by atoms with Crippen LogP contribution in [0.2, 0.25) is 0 Å². The van der Waals surface area contributed by atoms with Crippen LogP contribution in [0.1, 0.15) is 38.5 Å². The third-order valence-electron chi connectivity index (χ3n) is 5.90. The second-order valence-corrected chi connectivity index (χ2v) is 9.89. The van der Waals surface area contributed by atoms with Gasteiger partial charge in [0.05, 0.1) is 10.2 Å². The van der Waals surface area contributed by atoms with Gasteiger partial charge in [-0.25, -0.2) is 4.68 Å². The molecular weight excluding hydrogens is 398 g/mol. The van der Waals surface area contributed by atoms with Crippen molar-refractivity contribution in [2.75, 3.05) is 26.2 Å². The number of amides is 1. The molecule has 4 heterocycles. The lowest BCUT2D eigenvalue weighted by Gasteiger charge is -2.34. The highest BCUT2D eigenvalue weighted by Crippen LogP contribution is 2.28. The molecule has 2 atom stereocenters. The molecule has 30 heavy (non-hydrogen) atoms. The Hall–Kier alpha value is -2.19. The van der Waals surface area contributed by atoms with Crippen LogP contribution >= 0.6 is 11.3 Å². The third kappa shape index (κ3) is 4.44. The molecule has 8 heteroatoms. The molecule has 1 aliphatic heterocycles. The smallest absolute Gasteiger partial charge is 0.291 e. The first-order chi connectivity index (χ1) is 14.4. The minimum absolute atomic E-state index is 0.0494. The summed E-state index contributed by atoms with van der Waals surface area (Å²) in [5, 5.41) is 7.16. The van der Waals surface area contributed by atoms with Crippen LogP contribution in [0.5, 0.6) is 0 Å². The van der Waals surface area contributed by atoms with E-state index in [0.29, 0.717) is 12.1 Å². The van der Waals surface area contributed by atoms with E-state index >= 15 is 0 Å². The summed E-state index contributed by atoms with van der Waals surface area (Å²) in [7, 11) is 0. The molecule has 1 N–H and O–H groups in total. The lowest BCUT2D eigenvalue weighted by Crippen LogP contribution is -2.40. The van der Waals surface area contributed by atoms with Gasteiger partial charge in [-0.2, -0.15) is 5.10 Å². The SMILES string of the molecule is CCc1cc2c(cc3c(=O)n(CC(=O)NCCCN4C[C@H](C)C[C@@H](C)C4)ncn32)s1. The number of hydrogen-bond donors (Lipinski definition) is 1. The number of aromatic nitrogens is 3. The molecule has 0 unspecified atom stereocenters. The molecular formula is C22H31N5O2S. The molecule has 1 amide bonds. The normalized spacial score (nSPS) is 20.2. The van der Waals surface area contributed by atoms with Crippen LogP contribution in [0.3, 0.4) is 0 Å². The van der Waals surface area contributed by atoms with Crippen LogP contribution in [0.4, 0.5) is 0 Å². The summed E-state index contributed by atoms with van der Waals surface area (Å²) in [6, 6.07) is 4.01. The number of thiophene rings is 1. The molecule has 3 aromatic rings. The Morgan fingerprint density at radius 3 is 2.73 bits per heavy atom. The molecule has 0 radical (unpaired) electrons. The quantitative estimate of drug-likeness (QED) is 0.586. The van der Waals surface area contributed by atoms with Gasteiger partial charge in [-0.05, 0) is 49.8 Å². The number of nitrogens with zero attached hydrogens (tertiary/aromatic N) is 4. The highest BCUT2D eigenvalue weighted by Gasteiger charge is 2.21. The lowest BCUT2D eigenvalue weighted by atomic mass is 9.92. The number of nitrogens with one attached hydrogen (secondary N) is 1. The lowest BCUT2D eigenvalue weighted by molar-refractivity contribution is -0.121. The zero-order valence-corrected chi connectivity index (χ0v) is 18.9. The van der Waals surface area contributed by atoms with Crippen molar-refractivity contribution in [3.8, 4) is 0 Å². The average molecular weight is 430 g/mol. The fraction of sp³-hybridized carbons (Fsp3) is 0.591. The van der Waals surface area contributed by atoms with E-state index in [2.05, 4.69) is 42.2 Å². The van der Waals surface area contributed by atoms with Gasteiger partial charge in [0, 0.05) is 24.5 Å². The van der Waals surface area contributed by atoms with Crippen molar-refractivity contribution in [2.24, 2.45) is 11.8 Å². The average Bonchev–Trinajstić information content (AvgIpc) is 3.25. The standard InChI is InChI=1S/C22H31N5O2S/c1-4-17-9-18-20(30-17)10-19-22(29)27(24-14-26(18)19)13-21(28)23-6-5-7-25-11-15(2)8-16(3)12-25/h9-10,14-16H,4-8,11-13H2,1-3H3,(H,23,28)/t15-,16-/m1/s1. The summed E-state index contributed by atoms with van der Waals surface area (Å²) in [5.74, 6) is 1.32. The van der Waals surface area contributed by atoms with E-state index < -0.39 is 0 Å². The summed E-state index contributed by atoms with van der Waals surface area (Å²) in [6.45, 7) is 10.6. The second kappa shape index (κ2) is 8.89. The van der Waals surface area contributed by atoms with E-state index in [0.717, 1.165) is 54.5 Å². The van der Waals surface area contributed by atoms with Crippen LogP contribution in [-0.4, -0.2) is 51.2 Å². The summed E-state index contributed by atoms with van der Waals surface area (Å²) in [4.78, 5) is 28.9. The zero-order valence-electron chi connectivity index (χ0n) is 18.1. The maximum absolute atomic E-state index is 12.8. The maximum Gasteiger partial charge on any atom is 0.291 e. The summed E-state index contributed by atoms with van der Waals surface area (Å²) < 4.78 is 4.15. The number of rotatable bonds is 7. The van der Waals surface area contributed by atoms with Crippen molar-refractivity contribution in [1.82, 2.24) is 24.4 Å². The minimum Gasteiger partial charge on any atom is -0.354 e. The molecule has 7 nitrogen and oxygen atoms in total. The van der Waals surface area contributed by atoms with Gasteiger partial charge >= 0.3 is 0 Å². The van der Waals surface area contributed by atoms with Crippen molar-refractivity contribution in [3.05, 3.63) is 33.7 Å². The molecule has 4 rings (SSSR count). The van der Waals surface area contributed by atoms with Gasteiger partial charge in [0.2, 0.25) is 5.91 Å². The molecule has 0 aromatic carbocycles. The fourth-order valence-corrected chi connectivity index (χ4v) is 5.66. The number of aryl methyl sites for hydroxylation is 1. The van der Waals surface area contributed by atoms with Gasteiger partial charge in [-0.3, -0.25) is 14.0 Å². The first-order valence-corrected chi connectivity index (χ1v) is 11.7.